The van der Waals surface area contributed by atoms with Crippen molar-refractivity contribution in [2.45, 2.75) is 6.42 Å². The number of nitrogens with one attached hydrogen (secondary N) is 2. The quantitative estimate of drug-likeness (QED) is 0.522. The first-order chi connectivity index (χ1) is 11.7. The first kappa shape index (κ1) is 16.1. The Morgan fingerprint density at radius 1 is 1.21 bits per heavy atom. The van der Waals surface area contributed by atoms with Gasteiger partial charge in [-0.15, -0.1) is 0 Å². The maximum absolute atomic E-state index is 11.8. The highest BCUT2D eigenvalue weighted by Crippen LogP contribution is 2.20. The Morgan fingerprint density at radius 2 is 2.08 bits per heavy atom. The molecule has 6 heteroatoms. The van der Waals surface area contributed by atoms with Crippen LogP contribution >= 0.6 is 15.9 Å². The van der Waals surface area contributed by atoms with Crippen LogP contribution in [0.3, 0.4) is 0 Å². The largest absolute Gasteiger partial charge is 0.297 e. The highest BCUT2D eigenvalue weighted by Gasteiger charge is 2.00. The van der Waals surface area contributed by atoms with E-state index in [-0.39, 0.29) is 5.91 Å². The molecule has 0 saturated heterocycles. The Labute approximate surface area is 147 Å². The number of hydrogen-bond donors (Lipinski definition) is 2. The van der Waals surface area contributed by atoms with Gasteiger partial charge in [-0.25, -0.2) is 9.97 Å². The second kappa shape index (κ2) is 7.70. The Hall–Kier alpha value is -2.73. The van der Waals surface area contributed by atoms with E-state index in [1.807, 2.05) is 48.5 Å². The van der Waals surface area contributed by atoms with E-state index in [1.165, 1.54) is 12.4 Å². The number of nitrogens with zero attached hydrogens (tertiary/aromatic N) is 2. The summed E-state index contributed by atoms with van der Waals surface area (Å²) in [7, 11) is 0. The van der Waals surface area contributed by atoms with E-state index in [2.05, 4.69) is 36.7 Å². The van der Waals surface area contributed by atoms with Crippen molar-refractivity contribution in [2.24, 2.45) is 0 Å². The molecule has 0 saturated carbocycles. The van der Waals surface area contributed by atoms with Crippen molar-refractivity contribution < 1.29 is 4.79 Å². The number of para-hydroxylation sites is 1. The number of halogens is 1. The molecule has 120 valence electrons. The number of amides is 1. The number of anilines is 1. The Kier molecular flexibility index (Phi) is 5.18. The molecule has 0 atom stereocenters. The molecule has 0 spiro atoms. The summed E-state index contributed by atoms with van der Waals surface area (Å²) >= 11 is 3.41. The van der Waals surface area contributed by atoms with Crippen molar-refractivity contribution in [1.29, 1.82) is 0 Å². The minimum Gasteiger partial charge on any atom is -0.297 e. The van der Waals surface area contributed by atoms with Gasteiger partial charge in [0, 0.05) is 22.1 Å². The summed E-state index contributed by atoms with van der Waals surface area (Å²) in [6, 6.07) is 13.5. The third-order valence-electron chi connectivity index (χ3n) is 3.39. The molecule has 0 bridgehead atoms. The molecule has 0 radical (unpaired) electrons. The number of carbonyl (C=O) groups is 1. The van der Waals surface area contributed by atoms with Crippen LogP contribution in [-0.2, 0) is 11.2 Å². The van der Waals surface area contributed by atoms with Gasteiger partial charge >= 0.3 is 0 Å². The van der Waals surface area contributed by atoms with Crippen LogP contribution in [0.25, 0.3) is 10.9 Å². The predicted molar refractivity (Wildman–Crippen MR) is 98.3 cm³/mol. The lowest BCUT2D eigenvalue weighted by molar-refractivity contribution is -0.116. The van der Waals surface area contributed by atoms with Gasteiger partial charge in [-0.05, 0) is 52.2 Å². The molecule has 2 aromatic carbocycles. The van der Waals surface area contributed by atoms with Crippen LogP contribution in [0.15, 0.2) is 71.6 Å². The van der Waals surface area contributed by atoms with Crippen molar-refractivity contribution in [3.05, 3.63) is 77.2 Å². The number of carbonyl (C=O) groups excluding carboxylic acids is 1. The van der Waals surface area contributed by atoms with Crippen molar-refractivity contribution in [3.8, 4) is 0 Å². The Morgan fingerprint density at radius 3 is 2.96 bits per heavy atom. The van der Waals surface area contributed by atoms with E-state index in [9.17, 15) is 4.79 Å². The molecular weight excluding hydrogens is 368 g/mol. The average Bonchev–Trinajstić information content (AvgIpc) is 2.61. The lowest BCUT2D eigenvalue weighted by Crippen LogP contribution is -2.27. The van der Waals surface area contributed by atoms with Crippen LogP contribution in [0, 0.1) is 0 Å². The van der Waals surface area contributed by atoms with E-state index in [4.69, 9.17) is 0 Å². The smallest absolute Gasteiger partial charge is 0.262 e. The number of rotatable bonds is 5. The van der Waals surface area contributed by atoms with Gasteiger partial charge < -0.3 is 0 Å². The molecule has 0 aliphatic rings. The number of hydrazine groups is 1. The number of allylic oxidation sites excluding steroid dienone is 1. The maximum atomic E-state index is 11.8. The maximum Gasteiger partial charge on any atom is 0.262 e. The number of benzene rings is 2. The number of aromatic nitrogens is 2. The van der Waals surface area contributed by atoms with Crippen LogP contribution in [0.5, 0.6) is 0 Å². The number of hydrogen-bond acceptors (Lipinski definition) is 4. The highest BCUT2D eigenvalue weighted by molar-refractivity contribution is 9.10. The van der Waals surface area contributed by atoms with Crippen molar-refractivity contribution in [1.82, 2.24) is 15.4 Å². The van der Waals surface area contributed by atoms with Crippen LogP contribution in [0.2, 0.25) is 0 Å². The molecule has 0 aliphatic carbocycles. The van der Waals surface area contributed by atoms with Gasteiger partial charge in [-0.2, -0.15) is 0 Å². The molecule has 3 aromatic rings. The summed E-state index contributed by atoms with van der Waals surface area (Å²) in [5.74, 6) is -0.213. The third-order valence-corrected chi connectivity index (χ3v) is 4.08. The fraction of sp³-hybridized carbons (Fsp3) is 0.0556. The summed E-state index contributed by atoms with van der Waals surface area (Å²) in [5, 5.41) is 0.989. The van der Waals surface area contributed by atoms with Gasteiger partial charge in [0.2, 0.25) is 0 Å². The Balaban J connectivity index is 1.55. The van der Waals surface area contributed by atoms with Crippen LogP contribution in [0.4, 0.5) is 5.69 Å². The monoisotopic (exact) mass is 382 g/mol. The van der Waals surface area contributed by atoms with Gasteiger partial charge in [0.15, 0.2) is 0 Å². The van der Waals surface area contributed by atoms with Crippen molar-refractivity contribution in [2.75, 3.05) is 5.43 Å². The molecule has 24 heavy (non-hydrogen) atoms. The van der Waals surface area contributed by atoms with Gasteiger partial charge in [0.05, 0.1) is 11.2 Å². The molecule has 0 fully saturated rings. The van der Waals surface area contributed by atoms with E-state index in [1.54, 1.807) is 6.20 Å². The van der Waals surface area contributed by atoms with Crippen LogP contribution in [0.1, 0.15) is 5.56 Å². The summed E-state index contributed by atoms with van der Waals surface area (Å²) < 4.78 is 0.882. The van der Waals surface area contributed by atoms with E-state index in [0.29, 0.717) is 6.42 Å². The van der Waals surface area contributed by atoms with E-state index < -0.39 is 0 Å². The number of fused-ring (bicyclic) bond motifs is 1. The predicted octanol–water partition coefficient (Wildman–Crippen LogP) is 3.63. The summed E-state index contributed by atoms with van der Waals surface area (Å²) in [5.41, 5.74) is 8.31. The summed E-state index contributed by atoms with van der Waals surface area (Å²) in [4.78, 5) is 20.0. The second-order valence-corrected chi connectivity index (χ2v) is 5.97. The molecule has 1 amide bonds. The fourth-order valence-corrected chi connectivity index (χ4v) is 2.58. The average molecular weight is 383 g/mol. The molecule has 1 heterocycles. The SMILES string of the molecule is O=C(/C=C/Cc1ccc2ncncc2c1)NNc1ccccc1Br. The lowest BCUT2D eigenvalue weighted by Gasteiger charge is -2.07. The molecule has 0 aliphatic heterocycles. The van der Waals surface area contributed by atoms with Crippen molar-refractivity contribution >= 4 is 38.4 Å². The standard InChI is InChI=1S/C18H15BrN4O/c19-15-5-1-2-6-17(15)22-23-18(24)7-3-4-13-8-9-16-14(10-13)11-20-12-21-16/h1-3,5-12,22H,4H2,(H,23,24)/b7-3+. The van der Waals surface area contributed by atoms with Crippen LogP contribution < -0.4 is 10.9 Å². The zero-order valence-corrected chi connectivity index (χ0v) is 14.3. The topological polar surface area (TPSA) is 66.9 Å². The second-order valence-electron chi connectivity index (χ2n) is 5.12. The summed E-state index contributed by atoms with van der Waals surface area (Å²) in [6.45, 7) is 0. The first-order valence-electron chi connectivity index (χ1n) is 7.38. The molecule has 0 unspecified atom stereocenters. The Bertz CT molecular complexity index is 895. The molecule has 2 N–H and O–H groups in total. The van der Waals surface area contributed by atoms with Gasteiger partial charge in [0.25, 0.3) is 5.91 Å². The zero-order valence-electron chi connectivity index (χ0n) is 12.7. The lowest BCUT2D eigenvalue weighted by atomic mass is 10.1. The van der Waals surface area contributed by atoms with Gasteiger partial charge in [0.1, 0.15) is 6.33 Å². The molecular formula is C18H15BrN4O. The molecule has 1 aromatic heterocycles. The van der Waals surface area contributed by atoms with Gasteiger partial charge in [-0.3, -0.25) is 15.6 Å². The minimum atomic E-state index is -0.213. The summed E-state index contributed by atoms with van der Waals surface area (Å²) in [6.07, 6.45) is 7.30. The normalized spacial score (nSPS) is 10.9. The van der Waals surface area contributed by atoms with Crippen LogP contribution in [-0.4, -0.2) is 15.9 Å². The van der Waals surface area contributed by atoms with E-state index in [0.717, 1.165) is 26.6 Å². The molecule has 5 nitrogen and oxygen atoms in total. The van der Waals surface area contributed by atoms with E-state index >= 15 is 0 Å². The third kappa shape index (κ3) is 4.17. The first-order valence-corrected chi connectivity index (χ1v) is 8.17. The van der Waals surface area contributed by atoms with Gasteiger partial charge in [-0.1, -0.05) is 24.3 Å². The fourth-order valence-electron chi connectivity index (χ4n) is 2.20. The molecule has 3 rings (SSSR count). The zero-order chi connectivity index (χ0) is 16.8. The highest BCUT2D eigenvalue weighted by atomic mass is 79.9. The minimum absolute atomic E-state index is 0.213. The van der Waals surface area contributed by atoms with Crippen molar-refractivity contribution in [3.63, 3.8) is 0 Å².